The molecule has 1 unspecified atom stereocenters. The zero-order chi connectivity index (χ0) is 8.43. The lowest BCUT2D eigenvalue weighted by atomic mass is 10.3. The third kappa shape index (κ3) is 1.81. The van der Waals surface area contributed by atoms with Crippen molar-refractivity contribution < 1.29 is 13.2 Å². The normalized spacial score (nSPS) is 13.0. The zero-order valence-electron chi connectivity index (χ0n) is 5.74. The van der Waals surface area contributed by atoms with E-state index in [1.165, 1.54) is 13.0 Å². The molecule has 0 aliphatic carbocycles. The molecule has 0 saturated carbocycles. The molecule has 0 radical (unpaired) electrons. The highest BCUT2D eigenvalue weighted by Crippen LogP contribution is 2.07. The van der Waals surface area contributed by atoms with Crippen LogP contribution < -0.4 is 0 Å². The van der Waals surface area contributed by atoms with Gasteiger partial charge in [0.2, 0.25) is 5.95 Å². The standard InChI is InChI=1S/C6H6FNO2S/c1-4-2-5(11(9)10)3-8-6(4)7/h2-3H,1H3,(H,9,10). The Balaban J connectivity index is 3.15. The molecule has 0 bridgehead atoms. The van der Waals surface area contributed by atoms with Crippen molar-refractivity contribution in [1.82, 2.24) is 4.98 Å². The average molecular weight is 175 g/mol. The summed E-state index contributed by atoms with van der Waals surface area (Å²) in [6, 6.07) is 1.29. The Bertz CT molecular complexity index is 303. The van der Waals surface area contributed by atoms with Gasteiger partial charge in [-0.15, -0.1) is 0 Å². The molecule has 60 valence electrons. The second kappa shape index (κ2) is 3.06. The largest absolute Gasteiger partial charge is 0.302 e. The van der Waals surface area contributed by atoms with Crippen molar-refractivity contribution in [2.45, 2.75) is 11.8 Å². The summed E-state index contributed by atoms with van der Waals surface area (Å²) in [5, 5.41) is 0. The summed E-state index contributed by atoms with van der Waals surface area (Å²) in [4.78, 5) is 3.39. The van der Waals surface area contributed by atoms with Crippen LogP contribution in [0.1, 0.15) is 5.56 Å². The van der Waals surface area contributed by atoms with E-state index in [4.69, 9.17) is 4.55 Å². The van der Waals surface area contributed by atoms with Gasteiger partial charge in [0.1, 0.15) is 0 Å². The van der Waals surface area contributed by atoms with Gasteiger partial charge in [0, 0.05) is 11.8 Å². The molecule has 0 amide bonds. The van der Waals surface area contributed by atoms with Gasteiger partial charge >= 0.3 is 0 Å². The molecule has 0 spiro atoms. The van der Waals surface area contributed by atoms with Crippen LogP contribution in [0.3, 0.4) is 0 Å². The third-order valence-electron chi connectivity index (χ3n) is 1.19. The number of aromatic nitrogens is 1. The van der Waals surface area contributed by atoms with Crippen LogP contribution in [0.25, 0.3) is 0 Å². The van der Waals surface area contributed by atoms with Gasteiger partial charge in [-0.25, -0.2) is 9.19 Å². The number of hydrogen-bond acceptors (Lipinski definition) is 2. The summed E-state index contributed by atoms with van der Waals surface area (Å²) < 4.78 is 31.4. The first-order valence-corrected chi connectivity index (χ1v) is 3.95. The molecular weight excluding hydrogens is 169 g/mol. The fraction of sp³-hybridized carbons (Fsp3) is 0.167. The van der Waals surface area contributed by atoms with Crippen LogP contribution in [0.2, 0.25) is 0 Å². The highest BCUT2D eigenvalue weighted by molar-refractivity contribution is 7.79. The minimum absolute atomic E-state index is 0.115. The molecule has 0 fully saturated rings. The minimum atomic E-state index is -2.08. The average Bonchev–Trinajstić information content (AvgIpc) is 1.94. The summed E-state index contributed by atoms with van der Waals surface area (Å²) in [6.07, 6.45) is 1.04. The Morgan fingerprint density at radius 2 is 2.36 bits per heavy atom. The lowest BCUT2D eigenvalue weighted by molar-refractivity contribution is 0.556. The van der Waals surface area contributed by atoms with E-state index in [0.717, 1.165) is 6.20 Å². The Kier molecular flexibility index (Phi) is 2.31. The third-order valence-corrected chi connectivity index (χ3v) is 1.82. The summed E-state index contributed by atoms with van der Waals surface area (Å²) in [5.74, 6) is -0.612. The van der Waals surface area contributed by atoms with E-state index in [0.29, 0.717) is 0 Å². The van der Waals surface area contributed by atoms with E-state index in [-0.39, 0.29) is 10.5 Å². The maximum Gasteiger partial charge on any atom is 0.215 e. The molecule has 1 atom stereocenters. The van der Waals surface area contributed by atoms with Gasteiger partial charge in [0.15, 0.2) is 11.1 Å². The van der Waals surface area contributed by atoms with Gasteiger partial charge in [-0.3, -0.25) is 0 Å². The number of rotatable bonds is 1. The van der Waals surface area contributed by atoms with Crippen LogP contribution in [-0.2, 0) is 11.1 Å². The van der Waals surface area contributed by atoms with Crippen LogP contribution in [0, 0.1) is 12.9 Å². The van der Waals surface area contributed by atoms with E-state index in [9.17, 15) is 8.60 Å². The summed E-state index contributed by atoms with van der Waals surface area (Å²) in [7, 11) is 0. The molecule has 0 saturated heterocycles. The van der Waals surface area contributed by atoms with Gasteiger partial charge in [-0.05, 0) is 13.0 Å². The van der Waals surface area contributed by atoms with Crippen molar-refractivity contribution in [3.05, 3.63) is 23.8 Å². The van der Waals surface area contributed by atoms with Crippen LogP contribution in [0.15, 0.2) is 17.2 Å². The first kappa shape index (κ1) is 8.29. The topological polar surface area (TPSA) is 50.2 Å². The van der Waals surface area contributed by atoms with Crippen LogP contribution in [0.4, 0.5) is 4.39 Å². The molecule has 3 nitrogen and oxygen atoms in total. The Hall–Kier alpha value is -0.810. The maximum absolute atomic E-state index is 12.5. The molecule has 1 heterocycles. The van der Waals surface area contributed by atoms with Gasteiger partial charge < -0.3 is 4.55 Å². The molecule has 1 N–H and O–H groups in total. The van der Waals surface area contributed by atoms with Gasteiger partial charge in [-0.1, -0.05) is 0 Å². The van der Waals surface area contributed by atoms with Crippen molar-refractivity contribution in [1.29, 1.82) is 0 Å². The first-order chi connectivity index (χ1) is 5.11. The summed E-state index contributed by atoms with van der Waals surface area (Å²) in [5.41, 5.74) is 0.268. The predicted molar refractivity (Wildman–Crippen MR) is 38.0 cm³/mol. The highest BCUT2D eigenvalue weighted by atomic mass is 32.2. The molecule has 1 rings (SSSR count). The second-order valence-electron chi connectivity index (χ2n) is 2.03. The number of hydrogen-bond donors (Lipinski definition) is 1. The van der Waals surface area contributed by atoms with Crippen molar-refractivity contribution in [3.63, 3.8) is 0 Å². The molecule has 1 aromatic heterocycles. The molecule has 0 aliphatic rings. The number of nitrogens with zero attached hydrogens (tertiary/aromatic N) is 1. The van der Waals surface area contributed by atoms with Crippen molar-refractivity contribution in [2.24, 2.45) is 0 Å². The van der Waals surface area contributed by atoms with Crippen LogP contribution in [0.5, 0.6) is 0 Å². The van der Waals surface area contributed by atoms with Crippen molar-refractivity contribution >= 4 is 11.1 Å². The van der Waals surface area contributed by atoms with E-state index >= 15 is 0 Å². The maximum atomic E-state index is 12.5. The van der Waals surface area contributed by atoms with Gasteiger partial charge in [0.25, 0.3) is 0 Å². The second-order valence-corrected chi connectivity index (χ2v) is 3.00. The van der Waals surface area contributed by atoms with E-state index in [2.05, 4.69) is 4.98 Å². The summed E-state index contributed by atoms with van der Waals surface area (Å²) in [6.45, 7) is 1.48. The Labute approximate surface area is 65.6 Å². The molecule has 11 heavy (non-hydrogen) atoms. The number of halogens is 1. The molecule has 0 aliphatic heterocycles. The van der Waals surface area contributed by atoms with Crippen LogP contribution in [-0.4, -0.2) is 13.7 Å². The monoisotopic (exact) mass is 175 g/mol. The van der Waals surface area contributed by atoms with Crippen molar-refractivity contribution in [2.75, 3.05) is 0 Å². The lowest BCUT2D eigenvalue weighted by Crippen LogP contribution is -1.94. The van der Waals surface area contributed by atoms with Crippen molar-refractivity contribution in [3.8, 4) is 0 Å². The molecule has 5 heteroatoms. The fourth-order valence-corrected chi connectivity index (χ4v) is 1.05. The molecule has 1 aromatic rings. The van der Waals surface area contributed by atoms with E-state index in [1.807, 2.05) is 0 Å². The number of aryl methyl sites for hydroxylation is 1. The summed E-state index contributed by atoms with van der Waals surface area (Å²) >= 11 is -2.08. The Morgan fingerprint density at radius 3 is 2.82 bits per heavy atom. The first-order valence-electron chi connectivity index (χ1n) is 2.84. The SMILES string of the molecule is Cc1cc(S(=O)O)cnc1F. The van der Waals surface area contributed by atoms with Crippen LogP contribution >= 0.6 is 0 Å². The Morgan fingerprint density at radius 1 is 1.73 bits per heavy atom. The minimum Gasteiger partial charge on any atom is -0.302 e. The lowest BCUT2D eigenvalue weighted by Gasteiger charge is -1.96. The smallest absolute Gasteiger partial charge is 0.215 e. The molecular formula is C6H6FNO2S. The van der Waals surface area contributed by atoms with E-state index < -0.39 is 17.0 Å². The highest BCUT2D eigenvalue weighted by Gasteiger charge is 2.03. The zero-order valence-corrected chi connectivity index (χ0v) is 6.56. The molecule has 0 aromatic carbocycles. The van der Waals surface area contributed by atoms with Gasteiger partial charge in [0.05, 0.1) is 4.90 Å². The van der Waals surface area contributed by atoms with E-state index in [1.54, 1.807) is 0 Å². The fourth-order valence-electron chi connectivity index (χ4n) is 0.628. The quantitative estimate of drug-likeness (QED) is 0.513. The number of pyridine rings is 1. The predicted octanol–water partition coefficient (Wildman–Crippen LogP) is 1.11. The van der Waals surface area contributed by atoms with Gasteiger partial charge in [-0.2, -0.15) is 4.39 Å².